The van der Waals surface area contributed by atoms with Crippen molar-refractivity contribution in [3.63, 3.8) is 0 Å². The number of nitrogens with one attached hydrogen (secondary N) is 1. The second kappa shape index (κ2) is 2.86. The summed E-state index contributed by atoms with van der Waals surface area (Å²) < 4.78 is 55.1. The molecule has 3 aromatic rings. The minimum atomic E-state index is -0.446. The molecular formula is C13H8N2. The Balaban J connectivity index is 2.74. The number of hydrogen-bond donors (Lipinski definition) is 1. The molecule has 2 aromatic carbocycles. The minimum Gasteiger partial charge on any atom is -0.355 e. The Hall–Kier alpha value is -2.27. The predicted octanol–water partition coefficient (Wildman–Crippen LogP) is 3.19. The van der Waals surface area contributed by atoms with Crippen molar-refractivity contribution in [3.8, 4) is 6.07 Å². The van der Waals surface area contributed by atoms with Crippen molar-refractivity contribution in [2.45, 2.75) is 0 Å². The van der Waals surface area contributed by atoms with Crippen molar-refractivity contribution >= 4 is 21.8 Å². The minimum absolute atomic E-state index is 0.0657. The van der Waals surface area contributed by atoms with Gasteiger partial charge in [0, 0.05) is 21.8 Å². The van der Waals surface area contributed by atoms with Gasteiger partial charge in [-0.3, -0.25) is 0 Å². The van der Waals surface area contributed by atoms with E-state index in [9.17, 15) is 0 Å². The molecule has 0 radical (unpaired) electrons. The number of hydrogen-bond acceptors (Lipinski definition) is 1. The molecule has 3 rings (SSSR count). The van der Waals surface area contributed by atoms with Crippen LogP contribution in [-0.2, 0) is 0 Å². The van der Waals surface area contributed by atoms with E-state index in [2.05, 4.69) is 4.98 Å². The van der Waals surface area contributed by atoms with Gasteiger partial charge in [-0.1, -0.05) is 18.1 Å². The van der Waals surface area contributed by atoms with Crippen LogP contribution in [0.5, 0.6) is 0 Å². The number of aromatic amines is 1. The third kappa shape index (κ3) is 1.10. The topological polar surface area (TPSA) is 39.6 Å². The summed E-state index contributed by atoms with van der Waals surface area (Å²) in [6, 6.07) is -0.825. The first-order chi connectivity index (χ1) is 10.3. The fraction of sp³-hybridized carbons (Fsp3) is 0. The molecule has 0 unspecified atom stereocenters. The molecule has 70 valence electrons. The summed E-state index contributed by atoms with van der Waals surface area (Å²) in [5.74, 6) is 0. The first-order valence-corrected chi connectivity index (χ1v) is 4.22. The maximum absolute atomic E-state index is 9.08. The Kier molecular flexibility index (Phi) is 0.707. The van der Waals surface area contributed by atoms with Crippen LogP contribution >= 0.6 is 0 Å². The van der Waals surface area contributed by atoms with Crippen LogP contribution in [0.4, 0.5) is 0 Å². The first kappa shape index (κ1) is 3.71. The van der Waals surface area contributed by atoms with Crippen molar-refractivity contribution in [2.24, 2.45) is 0 Å². The van der Waals surface area contributed by atoms with Crippen LogP contribution in [0.2, 0.25) is 0 Å². The van der Waals surface area contributed by atoms with Gasteiger partial charge in [0.05, 0.1) is 21.2 Å². The largest absolute Gasteiger partial charge is 0.355 e. The van der Waals surface area contributed by atoms with Gasteiger partial charge in [-0.15, -0.1) is 0 Å². The molecule has 0 amide bonds. The summed E-state index contributed by atoms with van der Waals surface area (Å²) in [7, 11) is 0. The SMILES string of the molecule is [2H]c1c([2H])c([2H])c2c([nH]c3c([2H])c([2H])c(C#N)c([2H])c32)c1[2H]. The molecule has 0 aliphatic rings. The molecule has 1 heterocycles. The highest BCUT2D eigenvalue weighted by Gasteiger charge is 2.03. The maximum atomic E-state index is 9.08. The molecule has 0 saturated carbocycles. The van der Waals surface area contributed by atoms with E-state index in [4.69, 9.17) is 14.9 Å². The lowest BCUT2D eigenvalue weighted by atomic mass is 10.1. The second-order valence-corrected chi connectivity index (χ2v) is 2.99. The third-order valence-corrected chi connectivity index (χ3v) is 2.11. The van der Waals surface area contributed by atoms with E-state index in [1.54, 1.807) is 6.07 Å². The number of aromatic nitrogens is 1. The van der Waals surface area contributed by atoms with Crippen molar-refractivity contribution in [3.05, 3.63) is 47.9 Å². The van der Waals surface area contributed by atoms with Crippen LogP contribution in [0, 0.1) is 11.3 Å². The smallest absolute Gasteiger partial charge is 0.0991 e. The highest BCUT2D eigenvalue weighted by atomic mass is 14.7. The summed E-state index contributed by atoms with van der Waals surface area (Å²) >= 11 is 0. The lowest BCUT2D eigenvalue weighted by Gasteiger charge is -1.91. The van der Waals surface area contributed by atoms with Gasteiger partial charge in [-0.2, -0.15) is 5.26 Å². The normalized spacial score (nSPS) is 17.1. The van der Waals surface area contributed by atoms with Crippen LogP contribution < -0.4 is 0 Å². The van der Waals surface area contributed by atoms with E-state index in [1.165, 1.54) is 0 Å². The van der Waals surface area contributed by atoms with Crippen molar-refractivity contribution in [1.82, 2.24) is 4.98 Å². The van der Waals surface area contributed by atoms with Gasteiger partial charge in [0.2, 0.25) is 0 Å². The van der Waals surface area contributed by atoms with Crippen molar-refractivity contribution in [2.75, 3.05) is 0 Å². The molecule has 0 atom stereocenters. The fourth-order valence-corrected chi connectivity index (χ4v) is 1.46. The van der Waals surface area contributed by atoms with Crippen LogP contribution in [0.15, 0.2) is 42.3 Å². The third-order valence-electron chi connectivity index (χ3n) is 2.11. The number of nitrogens with zero attached hydrogens (tertiary/aromatic N) is 1. The molecular weight excluding hydrogens is 184 g/mol. The number of benzene rings is 2. The number of para-hydroxylation sites is 1. The number of fused-ring (bicyclic) bond motifs is 3. The van der Waals surface area contributed by atoms with Crippen molar-refractivity contribution in [1.29, 1.82) is 5.26 Å². The molecule has 1 aromatic heterocycles. The van der Waals surface area contributed by atoms with Gasteiger partial charge < -0.3 is 4.98 Å². The molecule has 0 aliphatic carbocycles. The van der Waals surface area contributed by atoms with Crippen LogP contribution in [0.1, 0.15) is 15.2 Å². The van der Waals surface area contributed by atoms with E-state index >= 15 is 0 Å². The molecule has 0 saturated heterocycles. The van der Waals surface area contributed by atoms with Gasteiger partial charge in [-0.05, 0) is 24.2 Å². The lowest BCUT2D eigenvalue weighted by molar-refractivity contribution is 1.49. The van der Waals surface area contributed by atoms with E-state index in [-0.39, 0.29) is 51.5 Å². The Morgan fingerprint density at radius 3 is 2.73 bits per heavy atom. The van der Waals surface area contributed by atoms with Crippen molar-refractivity contribution < 1.29 is 9.60 Å². The van der Waals surface area contributed by atoms with E-state index in [0.717, 1.165) is 0 Å². The number of rotatable bonds is 0. The molecule has 0 bridgehead atoms. The highest BCUT2D eigenvalue weighted by molar-refractivity contribution is 6.07. The Morgan fingerprint density at radius 1 is 1.07 bits per heavy atom. The fourth-order valence-electron chi connectivity index (χ4n) is 1.46. The number of H-pyrrole nitrogens is 1. The Labute approximate surface area is 96.6 Å². The molecule has 1 N–H and O–H groups in total. The Morgan fingerprint density at radius 2 is 1.87 bits per heavy atom. The molecule has 15 heavy (non-hydrogen) atoms. The average molecular weight is 199 g/mol. The molecule has 0 spiro atoms. The highest BCUT2D eigenvalue weighted by Crippen LogP contribution is 2.25. The summed E-state index contributed by atoms with van der Waals surface area (Å²) in [6.07, 6.45) is 0. The van der Waals surface area contributed by atoms with Gasteiger partial charge in [0.25, 0.3) is 0 Å². The Bertz CT molecular complexity index is 1010. The average Bonchev–Trinajstić information content (AvgIpc) is 2.90. The van der Waals surface area contributed by atoms with E-state index in [1.807, 2.05) is 0 Å². The zero-order chi connectivity index (χ0) is 16.3. The first-order valence-electron chi connectivity index (χ1n) is 7.72. The monoisotopic (exact) mass is 199 g/mol. The lowest BCUT2D eigenvalue weighted by Crippen LogP contribution is -1.72. The van der Waals surface area contributed by atoms with Gasteiger partial charge in [0.15, 0.2) is 0 Å². The number of nitriles is 1. The predicted molar refractivity (Wildman–Crippen MR) is 60.5 cm³/mol. The molecule has 2 nitrogen and oxygen atoms in total. The second-order valence-electron chi connectivity index (χ2n) is 2.99. The molecule has 0 fully saturated rings. The van der Waals surface area contributed by atoms with E-state index in [0.29, 0.717) is 0 Å². The van der Waals surface area contributed by atoms with E-state index < -0.39 is 18.1 Å². The van der Waals surface area contributed by atoms with Crippen LogP contribution in [0.3, 0.4) is 0 Å². The van der Waals surface area contributed by atoms with Gasteiger partial charge in [0.1, 0.15) is 0 Å². The molecule has 2 heteroatoms. The van der Waals surface area contributed by atoms with Crippen LogP contribution in [-0.4, -0.2) is 4.98 Å². The standard InChI is InChI=1S/C13H8N2/c14-8-9-5-6-13-11(7-9)10-3-1-2-4-12(10)15-13/h1-7,15H/i1D,2D,3D,4D,5D,6D,7D. The summed E-state index contributed by atoms with van der Waals surface area (Å²) in [5, 5.41) is 9.22. The molecule has 0 aliphatic heterocycles. The zero-order valence-electron chi connectivity index (χ0n) is 14.4. The quantitative estimate of drug-likeness (QED) is 0.593. The van der Waals surface area contributed by atoms with Gasteiger partial charge >= 0.3 is 0 Å². The summed E-state index contributed by atoms with van der Waals surface area (Å²) in [4.78, 5) is 2.71. The zero-order valence-corrected chi connectivity index (χ0v) is 7.45. The van der Waals surface area contributed by atoms with Crippen LogP contribution in [0.25, 0.3) is 21.8 Å². The summed E-state index contributed by atoms with van der Waals surface area (Å²) in [5.41, 5.74) is -0.153. The summed E-state index contributed by atoms with van der Waals surface area (Å²) in [6.45, 7) is 0. The van der Waals surface area contributed by atoms with Gasteiger partial charge in [-0.25, -0.2) is 0 Å². The maximum Gasteiger partial charge on any atom is 0.0991 e.